The van der Waals surface area contributed by atoms with Crippen LogP contribution in [0.15, 0.2) is 53.4 Å². The molecule has 4 aromatic rings. The Bertz CT molecular complexity index is 1040. The minimum Gasteiger partial charge on any atom is -0.479 e. The number of aryl methyl sites for hydroxylation is 1. The number of ether oxygens (including phenoxy) is 1. The van der Waals surface area contributed by atoms with Gasteiger partial charge in [-0.2, -0.15) is 10.1 Å². The number of nitrogens with zero attached hydrogens (tertiary/aromatic N) is 6. The van der Waals surface area contributed by atoms with E-state index in [1.807, 2.05) is 36.5 Å². The van der Waals surface area contributed by atoms with Crippen molar-refractivity contribution < 1.29 is 9.26 Å². The minimum absolute atomic E-state index is 0.453. The van der Waals surface area contributed by atoms with Crippen molar-refractivity contribution in [2.45, 2.75) is 13.5 Å². The average molecular weight is 348 g/mol. The van der Waals surface area contributed by atoms with Gasteiger partial charge in [0, 0.05) is 36.6 Å². The SMILES string of the molecule is COc1nccnc1-c1cccc(-c2ccn(Cc3noc(C)n3)n2)c1. The molecule has 0 fully saturated rings. The lowest BCUT2D eigenvalue weighted by Gasteiger charge is -2.07. The van der Waals surface area contributed by atoms with Gasteiger partial charge in [-0.05, 0) is 12.1 Å². The molecule has 0 amide bonds. The molecule has 8 heteroatoms. The van der Waals surface area contributed by atoms with E-state index in [0.717, 1.165) is 16.8 Å². The summed E-state index contributed by atoms with van der Waals surface area (Å²) in [4.78, 5) is 12.8. The Labute approximate surface area is 149 Å². The number of rotatable bonds is 5. The van der Waals surface area contributed by atoms with Crippen LogP contribution in [-0.4, -0.2) is 37.0 Å². The second kappa shape index (κ2) is 6.75. The first kappa shape index (κ1) is 15.9. The molecule has 130 valence electrons. The molecule has 0 spiro atoms. The molecule has 26 heavy (non-hydrogen) atoms. The lowest BCUT2D eigenvalue weighted by molar-refractivity contribution is 0.385. The third-order valence-electron chi connectivity index (χ3n) is 3.80. The van der Waals surface area contributed by atoms with Gasteiger partial charge in [-0.25, -0.2) is 9.97 Å². The lowest BCUT2D eigenvalue weighted by atomic mass is 10.1. The van der Waals surface area contributed by atoms with Gasteiger partial charge >= 0.3 is 0 Å². The summed E-state index contributed by atoms with van der Waals surface area (Å²) in [5, 5.41) is 8.48. The molecule has 3 heterocycles. The lowest BCUT2D eigenvalue weighted by Crippen LogP contribution is -2.02. The van der Waals surface area contributed by atoms with Crippen LogP contribution in [0.25, 0.3) is 22.5 Å². The van der Waals surface area contributed by atoms with E-state index in [4.69, 9.17) is 9.26 Å². The van der Waals surface area contributed by atoms with Gasteiger partial charge in [0.1, 0.15) is 12.2 Å². The fraction of sp³-hybridized carbons (Fsp3) is 0.167. The second-order valence-corrected chi connectivity index (χ2v) is 5.62. The largest absolute Gasteiger partial charge is 0.479 e. The van der Waals surface area contributed by atoms with Crippen LogP contribution < -0.4 is 4.74 Å². The second-order valence-electron chi connectivity index (χ2n) is 5.62. The highest BCUT2D eigenvalue weighted by Crippen LogP contribution is 2.28. The third kappa shape index (κ3) is 3.16. The fourth-order valence-corrected chi connectivity index (χ4v) is 2.65. The molecule has 3 aromatic heterocycles. The van der Waals surface area contributed by atoms with Crippen molar-refractivity contribution in [3.63, 3.8) is 0 Å². The molecule has 0 bridgehead atoms. The first-order chi connectivity index (χ1) is 12.7. The maximum Gasteiger partial charge on any atom is 0.240 e. The van der Waals surface area contributed by atoms with Gasteiger partial charge in [-0.3, -0.25) is 4.68 Å². The molecule has 0 aliphatic carbocycles. The molecule has 8 nitrogen and oxygen atoms in total. The van der Waals surface area contributed by atoms with E-state index >= 15 is 0 Å². The summed E-state index contributed by atoms with van der Waals surface area (Å²) in [7, 11) is 1.58. The summed E-state index contributed by atoms with van der Waals surface area (Å²) in [6.45, 7) is 2.21. The van der Waals surface area contributed by atoms with Crippen LogP contribution in [-0.2, 0) is 6.54 Å². The predicted molar refractivity (Wildman–Crippen MR) is 93.4 cm³/mol. The Morgan fingerprint density at radius 2 is 1.96 bits per heavy atom. The van der Waals surface area contributed by atoms with E-state index in [2.05, 4.69) is 25.2 Å². The maximum absolute atomic E-state index is 5.30. The van der Waals surface area contributed by atoms with E-state index in [0.29, 0.717) is 29.8 Å². The Morgan fingerprint density at radius 1 is 1.12 bits per heavy atom. The molecule has 0 unspecified atom stereocenters. The van der Waals surface area contributed by atoms with Crippen molar-refractivity contribution in [1.29, 1.82) is 0 Å². The van der Waals surface area contributed by atoms with Crippen molar-refractivity contribution in [2.24, 2.45) is 0 Å². The van der Waals surface area contributed by atoms with E-state index < -0.39 is 0 Å². The maximum atomic E-state index is 5.30. The molecule has 0 N–H and O–H groups in total. The van der Waals surface area contributed by atoms with Crippen LogP contribution in [0.2, 0.25) is 0 Å². The van der Waals surface area contributed by atoms with Crippen LogP contribution >= 0.6 is 0 Å². The summed E-state index contributed by atoms with van der Waals surface area (Å²) in [6, 6.07) is 9.88. The molecule has 0 saturated carbocycles. The quantitative estimate of drug-likeness (QED) is 0.547. The Morgan fingerprint density at radius 3 is 2.77 bits per heavy atom. The molecule has 0 atom stereocenters. The Kier molecular flexibility index (Phi) is 4.14. The van der Waals surface area contributed by atoms with Crippen LogP contribution in [0.1, 0.15) is 11.7 Å². The summed E-state index contributed by atoms with van der Waals surface area (Å²) in [5.41, 5.74) is 3.42. The summed E-state index contributed by atoms with van der Waals surface area (Å²) in [5.74, 6) is 1.62. The van der Waals surface area contributed by atoms with Gasteiger partial charge in [0.2, 0.25) is 11.8 Å². The number of aromatic nitrogens is 6. The first-order valence-corrected chi connectivity index (χ1v) is 8.01. The van der Waals surface area contributed by atoms with E-state index in [1.165, 1.54) is 0 Å². The number of benzene rings is 1. The van der Waals surface area contributed by atoms with Gasteiger partial charge in [-0.15, -0.1) is 0 Å². The van der Waals surface area contributed by atoms with E-state index in [1.54, 1.807) is 31.1 Å². The highest BCUT2D eigenvalue weighted by molar-refractivity contribution is 5.71. The molecule has 4 rings (SSSR count). The first-order valence-electron chi connectivity index (χ1n) is 8.01. The van der Waals surface area contributed by atoms with Gasteiger partial charge in [0.15, 0.2) is 5.82 Å². The number of methoxy groups -OCH3 is 1. The van der Waals surface area contributed by atoms with Crippen LogP contribution in [0.3, 0.4) is 0 Å². The smallest absolute Gasteiger partial charge is 0.240 e. The summed E-state index contributed by atoms with van der Waals surface area (Å²) in [6.07, 6.45) is 5.14. The van der Waals surface area contributed by atoms with Crippen molar-refractivity contribution in [3.8, 4) is 28.4 Å². The van der Waals surface area contributed by atoms with Gasteiger partial charge in [-0.1, -0.05) is 23.4 Å². The highest BCUT2D eigenvalue weighted by Gasteiger charge is 2.11. The van der Waals surface area contributed by atoms with Crippen molar-refractivity contribution in [3.05, 3.63) is 60.6 Å². The zero-order valence-electron chi connectivity index (χ0n) is 14.3. The predicted octanol–water partition coefficient (Wildman–Crippen LogP) is 2.76. The zero-order chi connectivity index (χ0) is 17.9. The third-order valence-corrected chi connectivity index (χ3v) is 3.80. The van der Waals surface area contributed by atoms with Crippen molar-refractivity contribution >= 4 is 0 Å². The molecule has 0 aliphatic rings. The average Bonchev–Trinajstić information content (AvgIpc) is 3.31. The van der Waals surface area contributed by atoms with Crippen molar-refractivity contribution in [2.75, 3.05) is 7.11 Å². The molecule has 0 saturated heterocycles. The number of hydrogen-bond donors (Lipinski definition) is 0. The van der Waals surface area contributed by atoms with Crippen molar-refractivity contribution in [1.82, 2.24) is 29.9 Å². The Balaban J connectivity index is 1.63. The van der Waals surface area contributed by atoms with E-state index in [-0.39, 0.29) is 0 Å². The fourth-order valence-electron chi connectivity index (χ4n) is 2.65. The summed E-state index contributed by atoms with van der Waals surface area (Å²) < 4.78 is 12.1. The molecular weight excluding hydrogens is 332 g/mol. The van der Waals surface area contributed by atoms with Crippen LogP contribution in [0, 0.1) is 6.92 Å². The topological polar surface area (TPSA) is 91.8 Å². The molecular formula is C18H16N6O2. The van der Waals surface area contributed by atoms with Crippen LogP contribution in [0.4, 0.5) is 0 Å². The molecule has 0 radical (unpaired) electrons. The Hall–Kier alpha value is -3.55. The van der Waals surface area contributed by atoms with Gasteiger partial charge < -0.3 is 9.26 Å². The monoisotopic (exact) mass is 348 g/mol. The standard InChI is InChI=1S/C18H16N6O2/c1-12-21-16(23-26-12)11-24-9-6-15(22-24)13-4-3-5-14(10-13)17-18(25-2)20-8-7-19-17/h3-10H,11H2,1-2H3. The van der Waals surface area contributed by atoms with E-state index in [9.17, 15) is 0 Å². The minimum atomic E-state index is 0.453. The summed E-state index contributed by atoms with van der Waals surface area (Å²) >= 11 is 0. The zero-order valence-corrected chi connectivity index (χ0v) is 14.3. The molecule has 1 aromatic carbocycles. The van der Waals surface area contributed by atoms with Gasteiger partial charge in [0.05, 0.1) is 12.8 Å². The number of hydrogen-bond acceptors (Lipinski definition) is 7. The van der Waals surface area contributed by atoms with Crippen LogP contribution in [0.5, 0.6) is 5.88 Å². The highest BCUT2D eigenvalue weighted by atomic mass is 16.5. The van der Waals surface area contributed by atoms with Gasteiger partial charge in [0.25, 0.3) is 0 Å². The molecule has 0 aliphatic heterocycles. The normalized spacial score (nSPS) is 10.8.